The molecule has 0 atom stereocenters. The second-order valence-electron chi connectivity index (χ2n) is 27.1. The Labute approximate surface area is 485 Å². The lowest BCUT2D eigenvalue weighted by atomic mass is 9.79. The van der Waals surface area contributed by atoms with Gasteiger partial charge in [0.25, 0.3) is 0 Å². The maximum Gasteiger partial charge on any atom is 0.0541 e. The zero-order chi connectivity index (χ0) is 57.0. The van der Waals surface area contributed by atoms with Crippen LogP contribution in [-0.4, -0.2) is 4.57 Å². The zero-order valence-corrected chi connectivity index (χ0v) is 49.8. The second-order valence-corrected chi connectivity index (χ2v) is 27.1. The first kappa shape index (κ1) is 52.6. The minimum atomic E-state index is 0.0181. The predicted molar refractivity (Wildman–Crippen MR) is 356 cm³/mol. The fraction of sp³-hybridized carbons (Fsp3) is 0.200. The third-order valence-electron chi connectivity index (χ3n) is 17.4. The number of anilines is 3. The van der Waals surface area contributed by atoms with Crippen molar-refractivity contribution in [2.45, 2.75) is 105 Å². The number of benzene rings is 12. The van der Waals surface area contributed by atoms with E-state index in [2.05, 4.69) is 323 Å². The van der Waals surface area contributed by atoms with Crippen LogP contribution < -0.4 is 4.90 Å². The molecule has 2 heteroatoms. The molecule has 1 heterocycles. The van der Waals surface area contributed by atoms with Crippen molar-refractivity contribution >= 4 is 71.2 Å². The molecule has 0 radical (unpaired) electrons. The van der Waals surface area contributed by atoms with Gasteiger partial charge < -0.3 is 9.47 Å². The van der Waals surface area contributed by atoms with Crippen LogP contribution in [0.4, 0.5) is 17.1 Å². The topological polar surface area (TPSA) is 8.17 Å². The molecule has 0 saturated carbocycles. The number of hydrogen-bond acceptors (Lipinski definition) is 1. The standard InChI is InChI=1S/C80H74N2/c1-77(2,3)59-34-44-73-69(49-59)70-50-60(78(4,5)6)35-45-74(70)82(73)72-43-33-57-30-40-67-71(42-32-56-31-41-68(72)76(57)75(56)67)81(64-38-28-55(29-39-64)66-21-17-16-20-65(66)54-18-14-13-15-19-54)63-36-26-52(27-37-63)51-22-24-53(25-23-51)58-46-61(79(7,8)9)48-62(47-58)80(10,11)12/h13-50H,1-12H3. The van der Waals surface area contributed by atoms with E-state index < -0.39 is 0 Å². The summed E-state index contributed by atoms with van der Waals surface area (Å²) in [6, 6.07) is 87.3. The van der Waals surface area contributed by atoms with Gasteiger partial charge >= 0.3 is 0 Å². The van der Waals surface area contributed by atoms with Gasteiger partial charge in [-0.25, -0.2) is 0 Å². The van der Waals surface area contributed by atoms with E-state index in [1.54, 1.807) is 0 Å². The van der Waals surface area contributed by atoms with Crippen molar-refractivity contribution in [1.29, 1.82) is 0 Å². The molecule has 0 saturated heterocycles. The van der Waals surface area contributed by atoms with E-state index in [9.17, 15) is 0 Å². The molecule has 0 aliphatic heterocycles. The van der Waals surface area contributed by atoms with Gasteiger partial charge in [-0.1, -0.05) is 253 Å². The fourth-order valence-electron chi connectivity index (χ4n) is 12.5. The Morgan fingerprint density at radius 2 is 0.683 bits per heavy atom. The van der Waals surface area contributed by atoms with Crippen molar-refractivity contribution in [3.8, 4) is 50.2 Å². The maximum absolute atomic E-state index is 2.53. The molecule has 13 rings (SSSR count). The highest BCUT2D eigenvalue weighted by Gasteiger charge is 2.26. The van der Waals surface area contributed by atoms with E-state index in [0.717, 1.165) is 17.1 Å². The summed E-state index contributed by atoms with van der Waals surface area (Å²) in [5.74, 6) is 0. The summed E-state index contributed by atoms with van der Waals surface area (Å²) in [7, 11) is 0. The van der Waals surface area contributed by atoms with Gasteiger partial charge in [0.1, 0.15) is 0 Å². The SMILES string of the molecule is CC(C)(C)c1cc(-c2ccc(-c3ccc(N(c4ccc(-c5ccccc5-c5ccccc5)cc4)c4ccc5ccc6c(-n7c8ccc(C(C)(C)C)cc8c8cc(C(C)(C)C)ccc87)ccc7ccc4c5c76)cc3)cc2)cc(C(C)(C)C)c1. The molecule has 0 spiro atoms. The summed E-state index contributed by atoms with van der Waals surface area (Å²) < 4.78 is 2.53. The lowest BCUT2D eigenvalue weighted by Crippen LogP contribution is -2.16. The number of rotatable bonds is 8. The van der Waals surface area contributed by atoms with Crippen molar-refractivity contribution < 1.29 is 0 Å². The van der Waals surface area contributed by atoms with Gasteiger partial charge in [-0.15, -0.1) is 0 Å². The summed E-state index contributed by atoms with van der Waals surface area (Å²) >= 11 is 0. The van der Waals surface area contributed by atoms with Crippen LogP contribution >= 0.6 is 0 Å². The Kier molecular flexibility index (Phi) is 12.5. The Bertz CT molecular complexity index is 4440. The Balaban J connectivity index is 0.956. The predicted octanol–water partition coefficient (Wildman–Crippen LogP) is 23.0. The highest BCUT2D eigenvalue weighted by atomic mass is 15.1. The number of hydrogen-bond donors (Lipinski definition) is 0. The highest BCUT2D eigenvalue weighted by Crippen LogP contribution is 2.48. The van der Waals surface area contributed by atoms with Gasteiger partial charge in [0.2, 0.25) is 0 Å². The molecule has 404 valence electrons. The van der Waals surface area contributed by atoms with Gasteiger partial charge in [0.05, 0.1) is 22.4 Å². The first-order valence-electron chi connectivity index (χ1n) is 29.4. The summed E-state index contributed by atoms with van der Waals surface area (Å²) in [6.45, 7) is 27.8. The average Bonchev–Trinajstić information content (AvgIpc) is 3.20. The fourth-order valence-corrected chi connectivity index (χ4v) is 12.5. The van der Waals surface area contributed by atoms with Gasteiger partial charge in [-0.05, 0) is 171 Å². The van der Waals surface area contributed by atoms with E-state index in [-0.39, 0.29) is 21.7 Å². The van der Waals surface area contributed by atoms with E-state index >= 15 is 0 Å². The third kappa shape index (κ3) is 9.33. The molecule has 0 aliphatic carbocycles. The third-order valence-corrected chi connectivity index (χ3v) is 17.4. The molecule has 2 nitrogen and oxygen atoms in total. The molecule has 82 heavy (non-hydrogen) atoms. The molecule has 12 aromatic carbocycles. The first-order chi connectivity index (χ1) is 39.2. The number of nitrogens with zero attached hydrogens (tertiary/aromatic N) is 2. The molecule has 0 aliphatic rings. The molecule has 0 fully saturated rings. The molecule has 0 unspecified atom stereocenters. The Morgan fingerprint density at radius 1 is 0.280 bits per heavy atom. The van der Waals surface area contributed by atoms with Gasteiger partial charge in [-0.3, -0.25) is 0 Å². The van der Waals surface area contributed by atoms with Crippen molar-refractivity contribution in [3.05, 3.63) is 253 Å². The van der Waals surface area contributed by atoms with Crippen molar-refractivity contribution in [1.82, 2.24) is 4.57 Å². The quantitative estimate of drug-likeness (QED) is 0.138. The van der Waals surface area contributed by atoms with Gasteiger partial charge in [-0.2, -0.15) is 0 Å². The first-order valence-corrected chi connectivity index (χ1v) is 29.4. The molecule has 1 aromatic heterocycles. The molecular formula is C80H74N2. The van der Waals surface area contributed by atoms with Crippen LogP contribution in [0.3, 0.4) is 0 Å². The zero-order valence-electron chi connectivity index (χ0n) is 49.8. The van der Waals surface area contributed by atoms with E-state index in [1.165, 1.54) is 127 Å². The molecule has 0 bridgehead atoms. The Hall–Kier alpha value is -8.72. The van der Waals surface area contributed by atoms with Crippen LogP contribution in [0.2, 0.25) is 0 Å². The normalized spacial score (nSPS) is 12.6. The summed E-state index contributed by atoms with van der Waals surface area (Å²) in [4.78, 5) is 2.47. The molecule has 13 aromatic rings. The van der Waals surface area contributed by atoms with Gasteiger partial charge in [0.15, 0.2) is 0 Å². The number of aromatic nitrogens is 1. The van der Waals surface area contributed by atoms with Crippen LogP contribution in [0.15, 0.2) is 231 Å². The summed E-state index contributed by atoms with van der Waals surface area (Å²) in [6.07, 6.45) is 0. The minimum Gasteiger partial charge on any atom is -0.310 e. The van der Waals surface area contributed by atoms with Crippen molar-refractivity contribution in [2.24, 2.45) is 0 Å². The lowest BCUT2D eigenvalue weighted by molar-refractivity contribution is 0.569. The Morgan fingerprint density at radius 3 is 1.18 bits per heavy atom. The highest BCUT2D eigenvalue weighted by molar-refractivity contribution is 6.27. The largest absolute Gasteiger partial charge is 0.310 e. The smallest absolute Gasteiger partial charge is 0.0541 e. The monoisotopic (exact) mass is 1060 g/mol. The van der Waals surface area contributed by atoms with Crippen molar-refractivity contribution in [3.63, 3.8) is 0 Å². The average molecular weight is 1060 g/mol. The summed E-state index contributed by atoms with van der Waals surface area (Å²) in [5, 5.41) is 10.1. The van der Waals surface area contributed by atoms with E-state index in [1.807, 2.05) is 0 Å². The van der Waals surface area contributed by atoms with E-state index in [0.29, 0.717) is 0 Å². The lowest BCUT2D eigenvalue weighted by Gasteiger charge is -2.28. The molecule has 0 N–H and O–H groups in total. The van der Waals surface area contributed by atoms with Crippen molar-refractivity contribution in [2.75, 3.05) is 4.90 Å². The van der Waals surface area contributed by atoms with Gasteiger partial charge in [0, 0.05) is 32.9 Å². The van der Waals surface area contributed by atoms with Crippen LogP contribution in [0.5, 0.6) is 0 Å². The molecular weight excluding hydrogens is 989 g/mol. The number of fused-ring (bicyclic) bond motifs is 3. The van der Waals surface area contributed by atoms with Crippen LogP contribution in [0, 0.1) is 0 Å². The maximum atomic E-state index is 2.53. The van der Waals surface area contributed by atoms with Crippen LogP contribution in [0.1, 0.15) is 105 Å². The van der Waals surface area contributed by atoms with E-state index in [4.69, 9.17) is 0 Å². The van der Waals surface area contributed by atoms with Crippen LogP contribution in [-0.2, 0) is 21.7 Å². The molecule has 0 amide bonds. The second kappa shape index (κ2) is 19.5. The van der Waals surface area contributed by atoms with Crippen LogP contribution in [0.25, 0.3) is 104 Å². The summed E-state index contributed by atoms with van der Waals surface area (Å²) in [5.41, 5.74) is 22.2. The minimum absolute atomic E-state index is 0.0181.